The van der Waals surface area contributed by atoms with E-state index in [-0.39, 0.29) is 30.3 Å². The van der Waals surface area contributed by atoms with Gasteiger partial charge in [0.05, 0.1) is 24.3 Å². The van der Waals surface area contributed by atoms with E-state index in [1.54, 1.807) is 47.5 Å². The minimum atomic E-state index is -0.446. The Balaban J connectivity index is 1.35. The van der Waals surface area contributed by atoms with Gasteiger partial charge in [0.2, 0.25) is 5.91 Å². The van der Waals surface area contributed by atoms with Crippen LogP contribution in [-0.2, 0) is 9.53 Å². The third kappa shape index (κ3) is 3.94. The third-order valence-electron chi connectivity index (χ3n) is 4.81. The Morgan fingerprint density at radius 2 is 1.90 bits per heavy atom. The number of halogens is 1. The predicted molar refractivity (Wildman–Crippen MR) is 103 cm³/mol. The monoisotopic (exact) mass is 415 g/mol. The van der Waals surface area contributed by atoms with Gasteiger partial charge in [-0.3, -0.25) is 19.3 Å². The van der Waals surface area contributed by atoms with E-state index in [1.165, 1.54) is 0 Å². The van der Waals surface area contributed by atoms with Crippen LogP contribution >= 0.6 is 11.6 Å². The second-order valence-corrected chi connectivity index (χ2v) is 7.04. The molecule has 150 valence electrons. The zero-order valence-corrected chi connectivity index (χ0v) is 16.2. The minimum absolute atomic E-state index is 0.197. The van der Waals surface area contributed by atoms with Crippen molar-refractivity contribution in [1.82, 2.24) is 14.8 Å². The summed E-state index contributed by atoms with van der Waals surface area (Å²) >= 11 is 5.97. The molecule has 1 aromatic carbocycles. The summed E-state index contributed by atoms with van der Waals surface area (Å²) in [6, 6.07) is 9.97. The molecule has 1 atom stereocenters. The maximum atomic E-state index is 12.7. The molecule has 2 aromatic rings. The minimum Gasteiger partial charge on any atom is -0.488 e. The standard InChI is InChI=1S/C20H18ClN3O5/c21-18-16(6-3-7-22-18)29-12-13-10-23(8-9-28-13)17(25)11-24-19(26)14-4-1-2-5-15(14)20(24)27/h1-7,13H,8-12H2. The highest BCUT2D eigenvalue weighted by Crippen LogP contribution is 2.23. The molecule has 0 saturated carbocycles. The van der Waals surface area contributed by atoms with Crippen LogP contribution in [0.2, 0.25) is 5.15 Å². The molecule has 1 saturated heterocycles. The van der Waals surface area contributed by atoms with Gasteiger partial charge >= 0.3 is 0 Å². The number of imide groups is 1. The second kappa shape index (κ2) is 8.18. The topological polar surface area (TPSA) is 89.0 Å². The first-order valence-electron chi connectivity index (χ1n) is 9.12. The quantitative estimate of drug-likeness (QED) is 0.545. The van der Waals surface area contributed by atoms with E-state index in [2.05, 4.69) is 4.98 Å². The van der Waals surface area contributed by atoms with E-state index in [0.29, 0.717) is 36.6 Å². The Hall–Kier alpha value is -2.97. The number of amides is 3. The number of ether oxygens (including phenoxy) is 2. The number of nitrogens with zero attached hydrogens (tertiary/aromatic N) is 3. The van der Waals surface area contributed by atoms with Gasteiger partial charge in [-0.15, -0.1) is 0 Å². The van der Waals surface area contributed by atoms with Crippen LogP contribution in [0.3, 0.4) is 0 Å². The first kappa shape index (κ1) is 19.4. The van der Waals surface area contributed by atoms with Gasteiger partial charge in [0, 0.05) is 12.7 Å². The number of benzene rings is 1. The first-order chi connectivity index (χ1) is 14.0. The van der Waals surface area contributed by atoms with Crippen molar-refractivity contribution in [3.8, 4) is 5.75 Å². The fourth-order valence-corrected chi connectivity index (χ4v) is 3.50. The first-order valence-corrected chi connectivity index (χ1v) is 9.50. The Kier molecular flexibility index (Phi) is 5.46. The molecule has 0 N–H and O–H groups in total. The number of aromatic nitrogens is 1. The lowest BCUT2D eigenvalue weighted by Gasteiger charge is -2.33. The highest BCUT2D eigenvalue weighted by atomic mass is 35.5. The summed E-state index contributed by atoms with van der Waals surface area (Å²) in [5.74, 6) is -0.768. The number of fused-ring (bicyclic) bond motifs is 1. The van der Waals surface area contributed by atoms with Crippen LogP contribution in [0.25, 0.3) is 0 Å². The predicted octanol–water partition coefficient (Wildman–Crippen LogP) is 1.64. The molecule has 3 heterocycles. The highest BCUT2D eigenvalue weighted by molar-refractivity contribution is 6.30. The Morgan fingerprint density at radius 3 is 2.59 bits per heavy atom. The molecule has 0 aliphatic carbocycles. The molecule has 9 heteroatoms. The summed E-state index contributed by atoms with van der Waals surface area (Å²) in [4.78, 5) is 44.1. The van der Waals surface area contributed by atoms with Gasteiger partial charge in [-0.1, -0.05) is 23.7 Å². The van der Waals surface area contributed by atoms with Crippen molar-refractivity contribution >= 4 is 29.3 Å². The van der Waals surface area contributed by atoms with Gasteiger partial charge in [-0.05, 0) is 24.3 Å². The lowest BCUT2D eigenvalue weighted by atomic mass is 10.1. The molecular weight excluding hydrogens is 398 g/mol. The summed E-state index contributed by atoms with van der Waals surface area (Å²) in [6.07, 6.45) is 1.21. The zero-order valence-electron chi connectivity index (χ0n) is 15.4. The molecule has 0 spiro atoms. The van der Waals surface area contributed by atoms with Gasteiger partial charge in [-0.2, -0.15) is 0 Å². The van der Waals surface area contributed by atoms with E-state index in [4.69, 9.17) is 21.1 Å². The summed E-state index contributed by atoms with van der Waals surface area (Å²) in [5, 5.41) is 0.252. The molecule has 3 amide bonds. The molecule has 4 rings (SSSR count). The van der Waals surface area contributed by atoms with Crippen LogP contribution in [0.1, 0.15) is 20.7 Å². The number of hydrogen-bond acceptors (Lipinski definition) is 6. The lowest BCUT2D eigenvalue weighted by molar-refractivity contribution is -0.140. The fourth-order valence-electron chi connectivity index (χ4n) is 3.33. The number of carbonyl (C=O) groups is 3. The maximum Gasteiger partial charge on any atom is 0.262 e. The molecule has 1 unspecified atom stereocenters. The van der Waals surface area contributed by atoms with Gasteiger partial charge in [-0.25, -0.2) is 4.98 Å². The van der Waals surface area contributed by atoms with E-state index in [1.807, 2.05) is 0 Å². The van der Waals surface area contributed by atoms with E-state index in [9.17, 15) is 14.4 Å². The SMILES string of the molecule is O=C(CN1C(=O)c2ccccc2C1=O)N1CCOC(COc2cccnc2Cl)C1. The Bertz CT molecular complexity index is 932. The summed E-state index contributed by atoms with van der Waals surface area (Å²) in [6.45, 7) is 0.908. The van der Waals surface area contributed by atoms with Gasteiger partial charge in [0.25, 0.3) is 11.8 Å². The van der Waals surface area contributed by atoms with Gasteiger partial charge < -0.3 is 14.4 Å². The zero-order chi connectivity index (χ0) is 20.4. The largest absolute Gasteiger partial charge is 0.488 e. The Morgan fingerprint density at radius 1 is 1.17 bits per heavy atom. The van der Waals surface area contributed by atoms with Crippen molar-refractivity contribution in [1.29, 1.82) is 0 Å². The molecule has 0 bridgehead atoms. The van der Waals surface area contributed by atoms with Gasteiger partial charge in [0.15, 0.2) is 10.9 Å². The number of pyridine rings is 1. The molecule has 8 nitrogen and oxygen atoms in total. The molecule has 1 fully saturated rings. The normalized spacial score (nSPS) is 18.7. The van der Waals surface area contributed by atoms with Crippen molar-refractivity contribution in [3.63, 3.8) is 0 Å². The van der Waals surface area contributed by atoms with E-state index >= 15 is 0 Å². The average molecular weight is 416 g/mol. The summed E-state index contributed by atoms with van der Waals surface area (Å²) in [7, 11) is 0. The number of rotatable bonds is 5. The molecule has 2 aliphatic rings. The molecule has 29 heavy (non-hydrogen) atoms. The van der Waals surface area contributed by atoms with Crippen LogP contribution in [-0.4, -0.2) is 71.5 Å². The average Bonchev–Trinajstić information content (AvgIpc) is 2.98. The van der Waals surface area contributed by atoms with Gasteiger partial charge in [0.1, 0.15) is 19.3 Å². The molecule has 0 radical (unpaired) electrons. The van der Waals surface area contributed by atoms with E-state index < -0.39 is 11.8 Å². The van der Waals surface area contributed by atoms with Crippen molar-refractivity contribution < 1.29 is 23.9 Å². The maximum absolute atomic E-state index is 12.7. The van der Waals surface area contributed by atoms with Crippen molar-refractivity contribution in [3.05, 3.63) is 58.9 Å². The van der Waals surface area contributed by atoms with Crippen molar-refractivity contribution in [2.75, 3.05) is 32.8 Å². The molecule has 2 aliphatic heterocycles. The van der Waals surface area contributed by atoms with Crippen molar-refractivity contribution in [2.45, 2.75) is 6.10 Å². The van der Waals surface area contributed by atoms with Crippen LogP contribution < -0.4 is 4.74 Å². The van der Waals surface area contributed by atoms with Crippen LogP contribution in [0.4, 0.5) is 0 Å². The van der Waals surface area contributed by atoms with Crippen LogP contribution in [0.5, 0.6) is 5.75 Å². The number of morpholine rings is 1. The molecular formula is C20H18ClN3O5. The Labute approximate surface area is 172 Å². The fraction of sp³-hybridized carbons (Fsp3) is 0.300. The van der Waals surface area contributed by atoms with E-state index in [0.717, 1.165) is 4.90 Å². The number of hydrogen-bond donors (Lipinski definition) is 0. The second-order valence-electron chi connectivity index (χ2n) is 6.68. The van der Waals surface area contributed by atoms with Crippen molar-refractivity contribution in [2.24, 2.45) is 0 Å². The lowest BCUT2D eigenvalue weighted by Crippen LogP contribution is -2.51. The summed E-state index contributed by atoms with van der Waals surface area (Å²) in [5.41, 5.74) is 0.652. The van der Waals surface area contributed by atoms with Crippen LogP contribution in [0.15, 0.2) is 42.6 Å². The third-order valence-corrected chi connectivity index (χ3v) is 5.10. The van der Waals surface area contributed by atoms with Crippen LogP contribution in [0, 0.1) is 0 Å². The summed E-state index contributed by atoms with van der Waals surface area (Å²) < 4.78 is 11.3. The smallest absolute Gasteiger partial charge is 0.262 e. The highest BCUT2D eigenvalue weighted by Gasteiger charge is 2.37. The number of carbonyl (C=O) groups excluding carboxylic acids is 3. The molecule has 1 aromatic heterocycles.